The molecule has 17 atom stereocenters. The number of carboxylic acids is 2. The Kier molecular flexibility index (Phi) is 41.0. The van der Waals surface area contributed by atoms with Crippen LogP contribution >= 0.6 is 0 Å². The van der Waals surface area contributed by atoms with Crippen LogP contribution in [0, 0.1) is 16.7 Å². The summed E-state index contributed by atoms with van der Waals surface area (Å²) in [6.07, 6.45) is -5.93. The smallest absolute Gasteiger partial charge is 0.325 e. The third-order valence-electron chi connectivity index (χ3n) is 18.2. The van der Waals surface area contributed by atoms with Crippen LogP contribution in [0.15, 0.2) is 54.6 Å². The van der Waals surface area contributed by atoms with Crippen LogP contribution in [0.2, 0.25) is 0 Å². The van der Waals surface area contributed by atoms with Gasteiger partial charge in [0, 0.05) is 26.1 Å². The number of aromatic hydroxyl groups is 1. The second-order valence-electron chi connectivity index (χ2n) is 27.8. The fourth-order valence-electron chi connectivity index (χ4n) is 11.4. The number of carbonyl (C=O) groups excluding carboxylic acids is 15. The first kappa shape index (κ1) is 97.8. The van der Waals surface area contributed by atoms with Gasteiger partial charge in [0.2, 0.25) is 88.6 Å². The maximum atomic E-state index is 14.7. The molecule has 0 unspecified atom stereocenters. The van der Waals surface area contributed by atoms with Crippen molar-refractivity contribution in [2.45, 2.75) is 216 Å². The Morgan fingerprint density at radius 1 is 0.483 bits per heavy atom. The zero-order valence-corrected chi connectivity index (χ0v) is 65.2. The number of benzene rings is 2. The van der Waals surface area contributed by atoms with Crippen molar-refractivity contribution in [1.29, 1.82) is 10.8 Å². The first-order chi connectivity index (χ1) is 54.5. The van der Waals surface area contributed by atoms with Crippen LogP contribution in [0.3, 0.4) is 0 Å². The van der Waals surface area contributed by atoms with Gasteiger partial charge < -0.3 is 138 Å². The molecule has 3 rings (SSSR count). The molecule has 1 aliphatic heterocycles. The number of primary amides is 1. The van der Waals surface area contributed by atoms with E-state index < -0.39 is 241 Å². The Balaban J connectivity index is 1.85. The minimum atomic E-state index is -2.14. The fraction of sp³-hybridized carbons (Fsp3) is 0.563. The number of phenols is 1. The predicted molar refractivity (Wildman–Crippen MR) is 410 cm³/mol. The second-order valence-corrected chi connectivity index (χ2v) is 27.8. The van der Waals surface area contributed by atoms with Crippen LogP contribution < -0.4 is 103 Å². The Hall–Kier alpha value is -12.4. The quantitative estimate of drug-likeness (QED) is 0.0166. The van der Waals surface area contributed by atoms with Gasteiger partial charge in [0.05, 0.1) is 44.2 Å². The van der Waals surface area contributed by atoms with E-state index in [2.05, 4.69) is 69.1 Å². The topological polar surface area (TPSA) is 747 Å². The molecule has 1 fully saturated rings. The normalized spacial score (nSPS) is 16.4. The van der Waals surface area contributed by atoms with Gasteiger partial charge in [-0.25, -0.2) is 0 Å². The molecule has 15 amide bonds. The van der Waals surface area contributed by atoms with Gasteiger partial charge in [0.25, 0.3) is 0 Å². The van der Waals surface area contributed by atoms with Crippen molar-refractivity contribution in [1.82, 2.24) is 84.7 Å². The van der Waals surface area contributed by atoms with Crippen molar-refractivity contribution in [2.24, 2.45) is 28.9 Å². The first-order valence-corrected chi connectivity index (χ1v) is 37.1. The summed E-state index contributed by atoms with van der Waals surface area (Å²) >= 11 is 0. The van der Waals surface area contributed by atoms with Gasteiger partial charge >= 0.3 is 11.9 Å². The third-order valence-corrected chi connectivity index (χ3v) is 18.2. The molecule has 116 heavy (non-hydrogen) atoms. The molecule has 0 aromatic heterocycles. The van der Waals surface area contributed by atoms with Crippen LogP contribution in [0.4, 0.5) is 0 Å². The minimum absolute atomic E-state index is 0.00367. The molecule has 1 aliphatic rings. The van der Waals surface area contributed by atoms with E-state index >= 15 is 0 Å². The second kappa shape index (κ2) is 48.6. The van der Waals surface area contributed by atoms with E-state index in [-0.39, 0.29) is 83.2 Å². The number of aliphatic hydroxyl groups is 3. The summed E-state index contributed by atoms with van der Waals surface area (Å²) in [5.41, 5.74) is 23.4. The highest BCUT2D eigenvalue weighted by Crippen LogP contribution is 2.20. The lowest BCUT2D eigenvalue weighted by Gasteiger charge is -2.30. The molecule has 1 saturated heterocycles. The zero-order valence-electron chi connectivity index (χ0n) is 65.2. The number of rotatable bonds is 49. The van der Waals surface area contributed by atoms with E-state index in [1.165, 1.54) is 38.1 Å². The molecule has 45 nitrogen and oxygen atoms in total. The Labute approximate surface area is 666 Å². The van der Waals surface area contributed by atoms with Crippen LogP contribution in [-0.4, -0.2) is 278 Å². The van der Waals surface area contributed by atoms with Gasteiger partial charge in [-0.15, -0.1) is 0 Å². The van der Waals surface area contributed by atoms with Crippen molar-refractivity contribution in [3.05, 3.63) is 65.7 Å². The lowest BCUT2D eigenvalue weighted by molar-refractivity contribution is -0.142. The van der Waals surface area contributed by atoms with E-state index in [4.69, 9.17) is 33.8 Å². The van der Waals surface area contributed by atoms with Gasteiger partial charge in [-0.3, -0.25) is 92.3 Å². The number of hydrogen-bond acceptors (Lipinski definition) is 24. The highest BCUT2D eigenvalue weighted by molar-refractivity contribution is 6.01. The maximum Gasteiger partial charge on any atom is 0.325 e. The maximum absolute atomic E-state index is 14.7. The van der Waals surface area contributed by atoms with E-state index in [0.717, 1.165) is 25.7 Å². The summed E-state index contributed by atoms with van der Waals surface area (Å²) in [4.78, 5) is 230. The minimum Gasteiger partial charge on any atom is -0.508 e. The standard InChI is InChI=1S/C71H110N22O23/c1-8-33(2)53(66(112)81-34(3)56(102)83-36(5)69(115)116)90-68(114)55(38(7)96)92-64(110)45(28-40-20-22-41(97)23-21-40)87-61(107)43(17-12-24-78-70(74)75)84-60(106)44(18-13-25-79-71(76)77)85-65(111)49-19-14-26-93(49)51(99)31-80-59(105)48(32-94)89-63(109)47(30-52(100)101)88-62(108)46(29-50(73)98)86-57(103)35(4)82-67(113)54(37(6)95)91-58(104)42(72)27-39-15-10-9-11-16-39/h9-11,15-16,20-23,33-38,42-49,53-55,94-97H,8,12-14,17-19,24-32,72H2,1-7H3,(H2,73,98)(H,80,105)(H,81,112)(H,82,113)(H,83,102)(H,84,106)(H,85,111)(H,86,103)(H,87,107)(H,88,108)(H,89,109)(H,90,114)(H,91,104)(H,92,110)(H,100,101)(H,115,116)(H4,74,75,78)(H4,76,77,79)/t33-,34-,35-,36-,37+,38+,42-,43-,44-,45-,46-,47-,48-,49-,53-,54-,55-/m0/s1. The molecule has 0 bridgehead atoms. The number of aliphatic carboxylic acids is 2. The summed E-state index contributed by atoms with van der Waals surface area (Å²) in [7, 11) is 0. The lowest BCUT2D eigenvalue weighted by Crippen LogP contribution is -2.62. The zero-order chi connectivity index (χ0) is 87.4. The number of nitrogens with two attached hydrogens (primary N) is 4. The average Bonchev–Trinajstić information content (AvgIpc) is 1.44. The predicted octanol–water partition coefficient (Wildman–Crippen LogP) is -9.75. The van der Waals surface area contributed by atoms with E-state index in [1.807, 2.05) is 10.6 Å². The summed E-state index contributed by atoms with van der Waals surface area (Å²) in [5, 5.41) is 111. The average molecular weight is 1640 g/mol. The SMILES string of the molecule is CC[C@H](C)[C@H](NC(=O)[C@@H](NC(=O)[C@H](Cc1ccc(O)cc1)NC(=O)[C@H](CCCNC(=N)N)NC(=O)[C@H](CCCNC(=N)N)NC(=O)[C@@H]1CCCN1C(=O)CNC(=O)[C@H](CO)NC(=O)[C@H](CC(=O)O)NC(=O)[C@H](CC(N)=O)NC(=O)[C@H](C)NC(=O)[C@@H](NC(=O)[C@@H](N)Cc1ccccc1)[C@@H](C)O)[C@@H](C)O)C(=O)N[C@@H](C)C(=O)N[C@@H](C)C(=O)O. The van der Waals surface area contributed by atoms with Crippen LogP contribution in [0.5, 0.6) is 5.75 Å². The molecule has 0 saturated carbocycles. The largest absolute Gasteiger partial charge is 0.508 e. The number of likely N-dealkylation sites (tertiary alicyclic amines) is 1. The van der Waals surface area contributed by atoms with Crippen molar-refractivity contribution in [2.75, 3.05) is 32.8 Å². The molecule has 0 radical (unpaired) electrons. The number of amides is 15. The summed E-state index contributed by atoms with van der Waals surface area (Å²) in [6.45, 7) is 6.76. The molecule has 0 spiro atoms. The fourth-order valence-corrected chi connectivity index (χ4v) is 11.4. The van der Waals surface area contributed by atoms with Gasteiger partial charge in [-0.1, -0.05) is 62.7 Å². The van der Waals surface area contributed by atoms with Gasteiger partial charge in [-0.05, 0) is 109 Å². The van der Waals surface area contributed by atoms with Gasteiger partial charge in [0.1, 0.15) is 84.3 Å². The van der Waals surface area contributed by atoms with Gasteiger partial charge in [0.15, 0.2) is 11.9 Å². The number of nitrogens with zero attached hydrogens (tertiary/aromatic N) is 1. The van der Waals surface area contributed by atoms with Gasteiger partial charge in [-0.2, -0.15) is 0 Å². The van der Waals surface area contributed by atoms with E-state index in [0.29, 0.717) is 11.1 Å². The van der Waals surface area contributed by atoms with Crippen LogP contribution in [-0.2, 0) is 94.3 Å². The van der Waals surface area contributed by atoms with Crippen molar-refractivity contribution in [3.63, 3.8) is 0 Å². The first-order valence-electron chi connectivity index (χ1n) is 37.1. The summed E-state index contributed by atoms with van der Waals surface area (Å²) in [6, 6.07) is -8.79. The number of carbonyl (C=O) groups is 17. The molecule has 31 N–H and O–H groups in total. The van der Waals surface area contributed by atoms with E-state index in [1.54, 1.807) is 44.2 Å². The molecule has 1 heterocycles. The Bertz CT molecular complexity index is 3800. The number of phenolic OH excluding ortho intramolecular Hbond substituents is 1. The highest BCUT2D eigenvalue weighted by atomic mass is 16.4. The molecule has 45 heteroatoms. The number of carboxylic acid groups (broad SMARTS) is 2. The molecule has 642 valence electrons. The summed E-state index contributed by atoms with van der Waals surface area (Å²) in [5.74, 6) is -21.2. The molecular formula is C71H110N22O23. The number of nitrogens with one attached hydrogen (secondary N) is 17. The van der Waals surface area contributed by atoms with Crippen LogP contribution in [0.1, 0.15) is 117 Å². The van der Waals surface area contributed by atoms with Crippen molar-refractivity contribution in [3.8, 4) is 5.75 Å². The lowest BCUT2D eigenvalue weighted by atomic mass is 9.97. The summed E-state index contributed by atoms with van der Waals surface area (Å²) < 4.78 is 0. The third kappa shape index (κ3) is 33.7. The Morgan fingerprint density at radius 2 is 0.914 bits per heavy atom. The molecule has 2 aromatic carbocycles. The van der Waals surface area contributed by atoms with Crippen molar-refractivity contribution >= 4 is 112 Å². The highest BCUT2D eigenvalue weighted by Gasteiger charge is 2.41. The van der Waals surface area contributed by atoms with Crippen LogP contribution in [0.25, 0.3) is 0 Å². The molecule has 0 aliphatic carbocycles. The molecular weight excluding hydrogens is 1530 g/mol. The van der Waals surface area contributed by atoms with Crippen molar-refractivity contribution < 1.29 is 112 Å². The number of hydrogen-bond donors (Lipinski definition) is 27. The Morgan fingerprint density at radius 3 is 1.41 bits per heavy atom. The monoisotopic (exact) mass is 1640 g/mol. The number of aliphatic hydroxyl groups excluding tert-OH is 3. The number of guanidine groups is 2. The molecule has 2 aromatic rings. The van der Waals surface area contributed by atoms with E-state index in [9.17, 15) is 112 Å².